The maximum Gasteiger partial charge on any atom is 0.169 e. The van der Waals surface area contributed by atoms with Gasteiger partial charge in [0.05, 0.1) is 7.11 Å². The summed E-state index contributed by atoms with van der Waals surface area (Å²) in [6.45, 7) is 1.27. The molecule has 6 heteroatoms. The third kappa shape index (κ3) is 4.86. The number of fused-ring (bicyclic) bond motifs is 2. The number of para-hydroxylation sites is 2. The van der Waals surface area contributed by atoms with E-state index >= 15 is 0 Å². The molecule has 0 N–H and O–H groups in total. The lowest BCUT2D eigenvalue weighted by Gasteiger charge is -2.14. The standard InChI is InChI=1S/C27H24N2O3S/c1-30-24-14-13-20(18-25(24)31-19-21-8-3-2-4-9-21)15-17-29-16-7-12-26-27(29)28-22-10-5-6-11-23(22)32-33-26/h2-14,16,18H,15,17,19H2,1H3. The zero-order chi connectivity index (χ0) is 22.5. The highest BCUT2D eigenvalue weighted by atomic mass is 32.1. The van der Waals surface area contributed by atoms with E-state index in [-0.39, 0.29) is 0 Å². The van der Waals surface area contributed by atoms with Crippen LogP contribution in [0.4, 0.5) is 0 Å². The first kappa shape index (κ1) is 21.1. The molecule has 2 aliphatic rings. The molecule has 0 atom stereocenters. The molecule has 33 heavy (non-hydrogen) atoms. The molecule has 0 spiro atoms. The second-order valence-corrected chi connectivity index (χ2v) is 8.42. The van der Waals surface area contributed by atoms with Gasteiger partial charge in [-0.1, -0.05) is 48.5 Å². The molecule has 3 aromatic carbocycles. The minimum atomic E-state index is 0.497. The fourth-order valence-corrected chi connectivity index (χ4v) is 4.38. The van der Waals surface area contributed by atoms with E-state index < -0.39 is 0 Å². The third-order valence-corrected chi connectivity index (χ3v) is 6.19. The number of benzene rings is 3. The number of hydrogen-bond donors (Lipinski definition) is 0. The van der Waals surface area contributed by atoms with Crippen molar-refractivity contribution >= 4 is 22.7 Å². The van der Waals surface area contributed by atoms with Crippen LogP contribution in [0, 0.1) is 0 Å². The first-order valence-corrected chi connectivity index (χ1v) is 11.6. The van der Waals surface area contributed by atoms with Gasteiger partial charge in [-0.25, -0.2) is 4.98 Å². The van der Waals surface area contributed by atoms with E-state index in [1.54, 1.807) is 7.11 Å². The van der Waals surface area contributed by atoms with Gasteiger partial charge in [0.15, 0.2) is 22.9 Å². The quantitative estimate of drug-likeness (QED) is 0.272. The first-order chi connectivity index (χ1) is 16.3. The Kier molecular flexibility index (Phi) is 6.26. The van der Waals surface area contributed by atoms with E-state index in [1.165, 1.54) is 17.2 Å². The van der Waals surface area contributed by atoms with Crippen molar-refractivity contribution in [2.24, 2.45) is 0 Å². The Balaban J connectivity index is 1.38. The zero-order valence-electron chi connectivity index (χ0n) is 18.3. The normalized spacial score (nSPS) is 10.9. The second-order valence-electron chi connectivity index (χ2n) is 7.65. The average Bonchev–Trinajstić information content (AvgIpc) is 3.06. The van der Waals surface area contributed by atoms with Crippen LogP contribution >= 0.6 is 11.6 Å². The molecule has 0 aromatic heterocycles. The highest BCUT2D eigenvalue weighted by Gasteiger charge is 2.11. The Morgan fingerprint density at radius 2 is 1.73 bits per heavy atom. The maximum absolute atomic E-state index is 6.08. The summed E-state index contributed by atoms with van der Waals surface area (Å²) >= 11 is 1.35. The van der Waals surface area contributed by atoms with E-state index in [9.17, 15) is 0 Å². The summed E-state index contributed by atoms with van der Waals surface area (Å²) in [5.41, 5.74) is 3.90. The molecule has 3 aromatic rings. The number of methoxy groups -OCH3 is 1. The van der Waals surface area contributed by atoms with Crippen LogP contribution in [-0.2, 0) is 19.6 Å². The second kappa shape index (κ2) is 9.79. The van der Waals surface area contributed by atoms with Gasteiger partial charge in [-0.2, -0.15) is 0 Å². The predicted molar refractivity (Wildman–Crippen MR) is 132 cm³/mol. The van der Waals surface area contributed by atoms with Crippen molar-refractivity contribution < 1.29 is 13.3 Å². The van der Waals surface area contributed by atoms with Crippen LogP contribution in [0.25, 0.3) is 21.8 Å². The lowest BCUT2D eigenvalue weighted by Crippen LogP contribution is -2.06. The van der Waals surface area contributed by atoms with Gasteiger partial charge in [-0.3, -0.25) is 0 Å². The largest absolute Gasteiger partial charge is 0.493 e. The number of rotatable bonds is 7. The van der Waals surface area contributed by atoms with Gasteiger partial charge in [-0.05, 0) is 53.9 Å². The molecule has 0 amide bonds. The molecule has 0 fully saturated rings. The Labute approximate surface area is 196 Å². The number of pyridine rings is 1. The van der Waals surface area contributed by atoms with E-state index in [4.69, 9.17) is 18.3 Å². The number of nitrogens with zero attached hydrogens (tertiary/aromatic N) is 2. The van der Waals surface area contributed by atoms with Crippen molar-refractivity contribution in [3.05, 3.63) is 102 Å². The molecule has 2 heterocycles. The van der Waals surface area contributed by atoms with Crippen molar-refractivity contribution in [3.63, 3.8) is 0 Å². The third-order valence-electron chi connectivity index (χ3n) is 5.43. The van der Waals surface area contributed by atoms with E-state index in [0.717, 1.165) is 51.8 Å². The summed E-state index contributed by atoms with van der Waals surface area (Å²) in [4.78, 5) is 5.89. The summed E-state index contributed by atoms with van der Waals surface area (Å²) in [7, 11) is 1.67. The van der Waals surface area contributed by atoms with Crippen LogP contribution in [0.2, 0.25) is 0 Å². The minimum absolute atomic E-state index is 0.497. The van der Waals surface area contributed by atoms with Gasteiger partial charge in [0.25, 0.3) is 0 Å². The highest BCUT2D eigenvalue weighted by Crippen LogP contribution is 2.30. The minimum Gasteiger partial charge on any atom is -0.493 e. The van der Waals surface area contributed by atoms with Crippen molar-refractivity contribution in [3.8, 4) is 22.2 Å². The van der Waals surface area contributed by atoms with Crippen LogP contribution in [-0.4, -0.2) is 16.7 Å². The average molecular weight is 457 g/mol. The van der Waals surface area contributed by atoms with E-state index in [2.05, 4.69) is 35.0 Å². The van der Waals surface area contributed by atoms with Gasteiger partial charge in [0, 0.05) is 24.4 Å². The van der Waals surface area contributed by atoms with Crippen LogP contribution in [0.15, 0.2) is 95.0 Å². The molecule has 5 rings (SSSR count). The van der Waals surface area contributed by atoms with Gasteiger partial charge >= 0.3 is 0 Å². The lowest BCUT2D eigenvalue weighted by molar-refractivity contribution is 0.284. The molecule has 166 valence electrons. The summed E-state index contributed by atoms with van der Waals surface area (Å²) in [5.74, 6) is 2.39. The molecule has 0 saturated carbocycles. The molecule has 0 unspecified atom stereocenters. The molecule has 0 radical (unpaired) electrons. The topological polar surface area (TPSA) is 49.4 Å². The number of ether oxygens (including phenoxy) is 2. The van der Waals surface area contributed by atoms with Crippen LogP contribution < -0.4 is 9.47 Å². The Bertz CT molecular complexity index is 1370. The molecule has 0 bridgehead atoms. The van der Waals surface area contributed by atoms with Gasteiger partial charge in [-0.15, -0.1) is 0 Å². The van der Waals surface area contributed by atoms with Crippen molar-refractivity contribution in [2.75, 3.05) is 7.11 Å². The van der Waals surface area contributed by atoms with Crippen molar-refractivity contribution in [2.45, 2.75) is 19.6 Å². The maximum atomic E-state index is 6.08. The van der Waals surface area contributed by atoms with Crippen LogP contribution in [0.1, 0.15) is 11.1 Å². The molecule has 0 aliphatic carbocycles. The Hall–Kier alpha value is -3.77. The lowest BCUT2D eigenvalue weighted by atomic mass is 10.1. The Morgan fingerprint density at radius 3 is 2.61 bits per heavy atom. The fourth-order valence-electron chi connectivity index (χ4n) is 3.68. The van der Waals surface area contributed by atoms with Gasteiger partial charge in [0.2, 0.25) is 0 Å². The van der Waals surface area contributed by atoms with E-state index in [0.29, 0.717) is 6.61 Å². The SMILES string of the molecule is COc1ccc(CCn2cccc3soc4ccccc4nc2-3)cc1OCc1ccccc1. The highest BCUT2D eigenvalue weighted by molar-refractivity contribution is 7.06. The number of aromatic nitrogens is 2. The predicted octanol–water partition coefficient (Wildman–Crippen LogP) is 6.75. The zero-order valence-corrected chi connectivity index (χ0v) is 19.1. The van der Waals surface area contributed by atoms with E-state index in [1.807, 2.05) is 60.7 Å². The fraction of sp³-hybridized carbons (Fsp3) is 0.148. The van der Waals surface area contributed by atoms with Crippen molar-refractivity contribution in [1.29, 1.82) is 0 Å². The summed E-state index contributed by atoms with van der Waals surface area (Å²) in [6.07, 6.45) is 2.89. The van der Waals surface area contributed by atoms with Crippen LogP contribution in [0.5, 0.6) is 11.5 Å². The van der Waals surface area contributed by atoms with Gasteiger partial charge in [0.1, 0.15) is 17.0 Å². The van der Waals surface area contributed by atoms with Crippen molar-refractivity contribution in [1.82, 2.24) is 9.55 Å². The first-order valence-electron chi connectivity index (χ1n) is 10.8. The number of aryl methyl sites for hydroxylation is 2. The molecule has 2 aliphatic heterocycles. The smallest absolute Gasteiger partial charge is 0.169 e. The molecule has 5 nitrogen and oxygen atoms in total. The number of hydrogen-bond acceptors (Lipinski definition) is 5. The van der Waals surface area contributed by atoms with Crippen LogP contribution in [0.3, 0.4) is 0 Å². The summed E-state index contributed by atoms with van der Waals surface area (Å²) < 4.78 is 19.6. The Morgan fingerprint density at radius 1 is 0.879 bits per heavy atom. The van der Waals surface area contributed by atoms with Gasteiger partial charge < -0.3 is 17.9 Å². The molecule has 0 saturated heterocycles. The summed E-state index contributed by atoms with van der Waals surface area (Å²) in [5, 5.41) is 0. The summed E-state index contributed by atoms with van der Waals surface area (Å²) in [6, 6.07) is 28.2. The molecular formula is C27H24N2O3S. The molecular weight excluding hydrogens is 432 g/mol. The monoisotopic (exact) mass is 456 g/mol.